The van der Waals surface area contributed by atoms with Crippen molar-refractivity contribution in [3.05, 3.63) is 0 Å². The molecule has 15 heavy (non-hydrogen) atoms. The van der Waals surface area contributed by atoms with Gasteiger partial charge < -0.3 is 14.9 Å². The zero-order chi connectivity index (χ0) is 11.5. The van der Waals surface area contributed by atoms with Crippen molar-refractivity contribution in [2.45, 2.75) is 57.3 Å². The normalized spacial score (nSPS) is 44.7. The summed E-state index contributed by atoms with van der Waals surface area (Å²) >= 11 is 0. The highest BCUT2D eigenvalue weighted by Crippen LogP contribution is 2.58. The standard InChI is InChI=1S/C11H18O4/c1-9(2,8(13)14)11-5-4-10(3,15-11)7(12)6-11/h7,12H,4-6H2,1-3H3,(H,13,14)/t7-,10+,11-/m0/s1. The van der Waals surface area contributed by atoms with E-state index >= 15 is 0 Å². The Kier molecular flexibility index (Phi) is 1.99. The first kappa shape index (κ1) is 10.9. The summed E-state index contributed by atoms with van der Waals surface area (Å²) in [6.07, 6.45) is 1.36. The molecule has 4 heteroatoms. The lowest BCUT2D eigenvalue weighted by molar-refractivity contribution is -0.169. The average molecular weight is 214 g/mol. The monoisotopic (exact) mass is 214 g/mol. The number of hydrogen-bond acceptors (Lipinski definition) is 3. The first-order valence-corrected chi connectivity index (χ1v) is 5.35. The predicted molar refractivity (Wildman–Crippen MR) is 53.5 cm³/mol. The van der Waals surface area contributed by atoms with Crippen LogP contribution in [0.2, 0.25) is 0 Å². The van der Waals surface area contributed by atoms with Gasteiger partial charge in [0.1, 0.15) is 0 Å². The molecule has 0 aromatic rings. The first-order chi connectivity index (χ1) is 6.74. The Labute approximate surface area is 89.2 Å². The van der Waals surface area contributed by atoms with Crippen molar-refractivity contribution in [3.8, 4) is 0 Å². The minimum atomic E-state index is -0.942. The van der Waals surface area contributed by atoms with Gasteiger partial charge in [-0.3, -0.25) is 4.79 Å². The van der Waals surface area contributed by atoms with Crippen molar-refractivity contribution in [3.63, 3.8) is 0 Å². The van der Waals surface area contributed by atoms with Crippen LogP contribution < -0.4 is 0 Å². The molecule has 2 aliphatic rings. The minimum Gasteiger partial charge on any atom is -0.481 e. The van der Waals surface area contributed by atoms with Gasteiger partial charge in [0.05, 0.1) is 22.7 Å². The van der Waals surface area contributed by atoms with E-state index in [1.807, 2.05) is 6.92 Å². The molecule has 2 saturated heterocycles. The van der Waals surface area contributed by atoms with Gasteiger partial charge in [-0.25, -0.2) is 0 Å². The summed E-state index contributed by atoms with van der Waals surface area (Å²) in [4.78, 5) is 11.2. The topological polar surface area (TPSA) is 66.8 Å². The number of aliphatic hydroxyl groups is 1. The summed E-state index contributed by atoms with van der Waals surface area (Å²) in [6.45, 7) is 5.22. The van der Waals surface area contributed by atoms with E-state index in [2.05, 4.69) is 0 Å². The van der Waals surface area contributed by atoms with Gasteiger partial charge in [0.15, 0.2) is 0 Å². The lowest BCUT2D eigenvalue weighted by Crippen LogP contribution is -2.48. The Morgan fingerprint density at radius 1 is 1.47 bits per heavy atom. The third-order valence-electron chi connectivity index (χ3n) is 4.36. The minimum absolute atomic E-state index is 0.433. The molecule has 0 spiro atoms. The van der Waals surface area contributed by atoms with E-state index < -0.39 is 28.7 Å². The van der Waals surface area contributed by atoms with Crippen molar-refractivity contribution in [1.29, 1.82) is 0 Å². The number of carboxylic acid groups (broad SMARTS) is 1. The number of rotatable bonds is 2. The summed E-state index contributed by atoms with van der Waals surface area (Å²) in [5, 5.41) is 19.1. The zero-order valence-electron chi connectivity index (χ0n) is 9.41. The van der Waals surface area contributed by atoms with E-state index in [1.54, 1.807) is 13.8 Å². The fourth-order valence-electron chi connectivity index (χ4n) is 2.80. The fourth-order valence-corrected chi connectivity index (χ4v) is 2.80. The number of aliphatic hydroxyl groups excluding tert-OH is 1. The predicted octanol–water partition coefficient (Wildman–Crippen LogP) is 1.17. The van der Waals surface area contributed by atoms with Gasteiger partial charge in [0.2, 0.25) is 0 Å². The van der Waals surface area contributed by atoms with E-state index in [0.717, 1.165) is 12.8 Å². The molecule has 2 bridgehead atoms. The Hall–Kier alpha value is -0.610. The highest BCUT2D eigenvalue weighted by Gasteiger charge is 2.66. The smallest absolute Gasteiger partial charge is 0.312 e. The second-order valence-corrected chi connectivity index (χ2v) is 5.56. The van der Waals surface area contributed by atoms with E-state index in [0.29, 0.717) is 6.42 Å². The lowest BCUT2D eigenvalue weighted by atomic mass is 9.67. The highest BCUT2D eigenvalue weighted by molar-refractivity contribution is 5.75. The zero-order valence-corrected chi connectivity index (χ0v) is 9.41. The van der Waals surface area contributed by atoms with Gasteiger partial charge >= 0.3 is 5.97 Å². The molecule has 0 amide bonds. The molecule has 2 aliphatic heterocycles. The van der Waals surface area contributed by atoms with Crippen LogP contribution in [0.4, 0.5) is 0 Å². The van der Waals surface area contributed by atoms with Crippen molar-refractivity contribution < 1.29 is 19.7 Å². The number of aliphatic carboxylic acids is 1. The molecule has 86 valence electrons. The quantitative estimate of drug-likeness (QED) is 0.724. The van der Waals surface area contributed by atoms with Crippen molar-refractivity contribution in [2.24, 2.45) is 5.41 Å². The molecule has 3 atom stereocenters. The molecule has 2 N–H and O–H groups in total. The maximum absolute atomic E-state index is 11.2. The second-order valence-electron chi connectivity index (χ2n) is 5.56. The molecule has 0 aromatic carbocycles. The third-order valence-corrected chi connectivity index (χ3v) is 4.36. The maximum atomic E-state index is 11.2. The molecule has 0 aromatic heterocycles. The molecule has 0 radical (unpaired) electrons. The van der Waals surface area contributed by atoms with E-state index in [9.17, 15) is 15.0 Å². The fraction of sp³-hybridized carbons (Fsp3) is 0.909. The molecule has 2 rings (SSSR count). The molecular formula is C11H18O4. The molecular weight excluding hydrogens is 196 g/mol. The largest absolute Gasteiger partial charge is 0.481 e. The van der Waals surface area contributed by atoms with E-state index in [-0.39, 0.29) is 0 Å². The molecule has 2 heterocycles. The molecule has 4 nitrogen and oxygen atoms in total. The summed E-state index contributed by atoms with van der Waals surface area (Å²) in [5.74, 6) is -0.860. The molecule has 0 saturated carbocycles. The summed E-state index contributed by atoms with van der Waals surface area (Å²) < 4.78 is 5.85. The van der Waals surface area contributed by atoms with Crippen LogP contribution in [0.1, 0.15) is 40.0 Å². The van der Waals surface area contributed by atoms with Crippen LogP contribution in [0.3, 0.4) is 0 Å². The molecule has 0 unspecified atom stereocenters. The van der Waals surface area contributed by atoms with Gasteiger partial charge in [-0.1, -0.05) is 0 Å². The summed E-state index contributed by atoms with van der Waals surface area (Å²) in [5.41, 5.74) is -2.16. The second kappa shape index (κ2) is 2.74. The molecule has 0 aliphatic carbocycles. The van der Waals surface area contributed by atoms with Gasteiger partial charge in [0.25, 0.3) is 0 Å². The molecule has 2 fully saturated rings. The van der Waals surface area contributed by atoms with Crippen molar-refractivity contribution >= 4 is 5.97 Å². The van der Waals surface area contributed by atoms with E-state index in [1.165, 1.54) is 0 Å². The van der Waals surface area contributed by atoms with Gasteiger partial charge in [-0.05, 0) is 33.6 Å². The van der Waals surface area contributed by atoms with Gasteiger partial charge in [-0.15, -0.1) is 0 Å². The number of fused-ring (bicyclic) bond motifs is 2. The first-order valence-electron chi connectivity index (χ1n) is 5.35. The van der Waals surface area contributed by atoms with Crippen LogP contribution in [-0.4, -0.2) is 33.5 Å². The van der Waals surface area contributed by atoms with Crippen LogP contribution in [-0.2, 0) is 9.53 Å². The van der Waals surface area contributed by atoms with Crippen LogP contribution in [0, 0.1) is 5.41 Å². The Bertz CT molecular complexity index is 312. The van der Waals surface area contributed by atoms with Crippen LogP contribution in [0.25, 0.3) is 0 Å². The summed E-state index contributed by atoms with van der Waals surface area (Å²) in [7, 11) is 0. The van der Waals surface area contributed by atoms with Gasteiger partial charge in [0, 0.05) is 6.42 Å². The number of hydrogen-bond donors (Lipinski definition) is 2. The number of carbonyl (C=O) groups is 1. The summed E-state index contributed by atoms with van der Waals surface area (Å²) in [6, 6.07) is 0. The third kappa shape index (κ3) is 1.18. The van der Waals surface area contributed by atoms with Crippen molar-refractivity contribution in [2.75, 3.05) is 0 Å². The maximum Gasteiger partial charge on any atom is 0.312 e. The lowest BCUT2D eigenvalue weighted by Gasteiger charge is -2.38. The SMILES string of the molecule is CC(C)(C(=O)O)[C@@]12CC[C@@](C)(O1)[C@@H](O)C2. The van der Waals surface area contributed by atoms with Crippen LogP contribution in [0.5, 0.6) is 0 Å². The Morgan fingerprint density at radius 2 is 2.07 bits per heavy atom. The number of carboxylic acids is 1. The van der Waals surface area contributed by atoms with Crippen molar-refractivity contribution in [1.82, 2.24) is 0 Å². The van der Waals surface area contributed by atoms with Crippen LogP contribution in [0.15, 0.2) is 0 Å². The Balaban J connectivity index is 2.35. The van der Waals surface area contributed by atoms with Gasteiger partial charge in [-0.2, -0.15) is 0 Å². The highest BCUT2D eigenvalue weighted by atomic mass is 16.6. The van der Waals surface area contributed by atoms with E-state index in [4.69, 9.17) is 4.74 Å². The van der Waals surface area contributed by atoms with Crippen LogP contribution >= 0.6 is 0 Å². The average Bonchev–Trinajstić information content (AvgIpc) is 2.56. The Morgan fingerprint density at radius 3 is 2.40 bits per heavy atom. The number of ether oxygens (including phenoxy) is 1.